The summed E-state index contributed by atoms with van der Waals surface area (Å²) in [6, 6.07) is 10.9. The summed E-state index contributed by atoms with van der Waals surface area (Å²) in [5.74, 6) is 1.29. The molecule has 1 amide bonds. The molecule has 2 aromatic rings. The number of hydrogen-bond acceptors (Lipinski definition) is 4. The van der Waals surface area contributed by atoms with Crippen molar-refractivity contribution in [3.8, 4) is 11.5 Å². The van der Waals surface area contributed by atoms with Crippen molar-refractivity contribution in [1.29, 1.82) is 0 Å². The Hall–Kier alpha value is -2.69. The van der Waals surface area contributed by atoms with E-state index in [1.165, 1.54) is 0 Å². The largest absolute Gasteiger partial charge is 0.454 e. The minimum Gasteiger partial charge on any atom is -0.454 e. The Morgan fingerprint density at radius 3 is 2.81 bits per heavy atom. The zero-order valence-corrected chi connectivity index (χ0v) is 11.7. The van der Waals surface area contributed by atoms with Crippen LogP contribution in [-0.2, 0) is 6.54 Å². The van der Waals surface area contributed by atoms with Crippen molar-refractivity contribution in [2.45, 2.75) is 13.5 Å². The second-order valence-electron chi connectivity index (χ2n) is 5.00. The molecule has 1 aliphatic rings. The number of hydrogen-bond donors (Lipinski definition) is 2. The smallest absolute Gasteiger partial charge is 0.251 e. The first-order valence-electron chi connectivity index (χ1n) is 6.66. The van der Waals surface area contributed by atoms with E-state index in [9.17, 15) is 4.79 Å². The van der Waals surface area contributed by atoms with Crippen LogP contribution in [-0.4, -0.2) is 12.7 Å². The number of aryl methyl sites for hydroxylation is 1. The maximum Gasteiger partial charge on any atom is 0.251 e. The highest BCUT2D eigenvalue weighted by atomic mass is 16.7. The normalized spacial score (nSPS) is 12.2. The third-order valence-corrected chi connectivity index (χ3v) is 3.25. The Morgan fingerprint density at radius 1 is 1.19 bits per heavy atom. The van der Waals surface area contributed by atoms with Crippen molar-refractivity contribution in [2.24, 2.45) is 0 Å². The lowest BCUT2D eigenvalue weighted by Gasteiger charge is -2.08. The highest BCUT2D eigenvalue weighted by Crippen LogP contribution is 2.32. The third kappa shape index (κ3) is 2.91. The molecule has 0 radical (unpaired) electrons. The van der Waals surface area contributed by atoms with E-state index >= 15 is 0 Å². The number of fused-ring (bicyclic) bond motifs is 1. The first-order valence-corrected chi connectivity index (χ1v) is 6.66. The third-order valence-electron chi connectivity index (χ3n) is 3.25. The summed E-state index contributed by atoms with van der Waals surface area (Å²) in [5, 5.41) is 2.87. The lowest BCUT2D eigenvalue weighted by Crippen LogP contribution is -2.23. The van der Waals surface area contributed by atoms with Crippen molar-refractivity contribution in [3.05, 3.63) is 53.1 Å². The highest BCUT2D eigenvalue weighted by Gasteiger charge is 2.13. The van der Waals surface area contributed by atoms with Crippen LogP contribution in [0.4, 0.5) is 5.69 Å². The number of anilines is 1. The number of rotatable bonds is 3. The molecule has 0 aromatic heterocycles. The number of benzene rings is 2. The topological polar surface area (TPSA) is 73.6 Å². The summed E-state index contributed by atoms with van der Waals surface area (Å²) in [5.41, 5.74) is 8.82. The first-order chi connectivity index (χ1) is 10.1. The fourth-order valence-electron chi connectivity index (χ4n) is 2.28. The molecule has 0 saturated carbocycles. The Labute approximate surface area is 122 Å². The number of amides is 1. The molecule has 108 valence electrons. The maximum absolute atomic E-state index is 12.1. The molecule has 5 heteroatoms. The summed E-state index contributed by atoms with van der Waals surface area (Å²) >= 11 is 0. The molecule has 0 aliphatic carbocycles. The molecule has 0 fully saturated rings. The number of carbonyl (C=O) groups is 1. The molecule has 1 aliphatic heterocycles. The van der Waals surface area contributed by atoms with Crippen molar-refractivity contribution in [2.75, 3.05) is 12.5 Å². The first kappa shape index (κ1) is 13.3. The molecule has 0 bridgehead atoms. The van der Waals surface area contributed by atoms with Gasteiger partial charge in [-0.3, -0.25) is 4.79 Å². The predicted molar refractivity (Wildman–Crippen MR) is 79.3 cm³/mol. The van der Waals surface area contributed by atoms with Crippen LogP contribution in [0, 0.1) is 6.92 Å². The summed E-state index contributed by atoms with van der Waals surface area (Å²) < 4.78 is 10.6. The average molecular weight is 284 g/mol. The van der Waals surface area contributed by atoms with E-state index in [1.54, 1.807) is 6.07 Å². The van der Waals surface area contributed by atoms with Crippen molar-refractivity contribution >= 4 is 11.6 Å². The molecular weight excluding hydrogens is 268 g/mol. The zero-order valence-electron chi connectivity index (χ0n) is 11.7. The van der Waals surface area contributed by atoms with E-state index in [-0.39, 0.29) is 12.7 Å². The summed E-state index contributed by atoms with van der Waals surface area (Å²) in [4.78, 5) is 12.1. The number of ether oxygens (including phenoxy) is 2. The van der Waals surface area contributed by atoms with Gasteiger partial charge in [0.15, 0.2) is 11.5 Å². The molecule has 5 nitrogen and oxygen atoms in total. The van der Waals surface area contributed by atoms with E-state index in [0.717, 1.165) is 16.9 Å². The van der Waals surface area contributed by atoms with Crippen LogP contribution < -0.4 is 20.5 Å². The van der Waals surface area contributed by atoms with Crippen LogP contribution >= 0.6 is 0 Å². The number of carbonyl (C=O) groups excluding carboxylic acids is 1. The molecule has 21 heavy (non-hydrogen) atoms. The SMILES string of the molecule is Cc1cc(N)cc(C(=O)NCc2ccc3c(c2)OCO3)c1. The number of nitrogens with one attached hydrogen (secondary N) is 1. The summed E-state index contributed by atoms with van der Waals surface area (Å²) in [6.45, 7) is 2.57. The van der Waals surface area contributed by atoms with Gasteiger partial charge in [0, 0.05) is 17.8 Å². The lowest BCUT2D eigenvalue weighted by molar-refractivity contribution is 0.0951. The van der Waals surface area contributed by atoms with Crippen molar-refractivity contribution in [3.63, 3.8) is 0 Å². The Bertz CT molecular complexity index is 678. The van der Waals surface area contributed by atoms with E-state index in [2.05, 4.69) is 5.32 Å². The van der Waals surface area contributed by atoms with E-state index < -0.39 is 0 Å². The Kier molecular flexibility index (Phi) is 3.39. The molecule has 3 rings (SSSR count). The fraction of sp³-hybridized carbons (Fsp3) is 0.188. The standard InChI is InChI=1S/C16H16N2O3/c1-10-4-12(7-13(17)5-10)16(19)18-8-11-2-3-14-15(6-11)21-9-20-14/h2-7H,8-9,17H2,1H3,(H,18,19). The van der Waals surface area contributed by atoms with Crippen LogP contribution in [0.2, 0.25) is 0 Å². The van der Waals surface area contributed by atoms with Gasteiger partial charge in [-0.25, -0.2) is 0 Å². The average Bonchev–Trinajstić information content (AvgIpc) is 2.91. The van der Waals surface area contributed by atoms with Gasteiger partial charge in [0.05, 0.1) is 0 Å². The zero-order chi connectivity index (χ0) is 14.8. The van der Waals surface area contributed by atoms with E-state index in [1.807, 2.05) is 37.3 Å². The highest BCUT2D eigenvalue weighted by molar-refractivity contribution is 5.95. The van der Waals surface area contributed by atoms with Crippen LogP contribution in [0.5, 0.6) is 11.5 Å². The predicted octanol–water partition coefficient (Wildman–Crippen LogP) is 2.24. The quantitative estimate of drug-likeness (QED) is 0.848. The van der Waals surface area contributed by atoms with Crippen LogP contribution in [0.3, 0.4) is 0 Å². The Morgan fingerprint density at radius 2 is 2.00 bits per heavy atom. The number of nitrogens with two attached hydrogens (primary N) is 1. The van der Waals surface area contributed by atoms with Gasteiger partial charge in [0.2, 0.25) is 6.79 Å². The van der Waals surface area contributed by atoms with Gasteiger partial charge in [-0.15, -0.1) is 0 Å². The molecular formula is C16H16N2O3. The van der Waals surface area contributed by atoms with Crippen LogP contribution in [0.1, 0.15) is 21.5 Å². The Balaban J connectivity index is 1.68. The van der Waals surface area contributed by atoms with Gasteiger partial charge in [-0.05, 0) is 48.4 Å². The van der Waals surface area contributed by atoms with Crippen molar-refractivity contribution < 1.29 is 14.3 Å². The molecule has 2 aromatic carbocycles. The summed E-state index contributed by atoms with van der Waals surface area (Å²) in [7, 11) is 0. The second-order valence-corrected chi connectivity index (χ2v) is 5.00. The molecule has 0 saturated heterocycles. The molecule has 0 atom stereocenters. The van der Waals surface area contributed by atoms with Gasteiger partial charge in [0.1, 0.15) is 0 Å². The minimum absolute atomic E-state index is 0.150. The van der Waals surface area contributed by atoms with Gasteiger partial charge in [0.25, 0.3) is 5.91 Å². The lowest BCUT2D eigenvalue weighted by atomic mass is 10.1. The maximum atomic E-state index is 12.1. The van der Waals surface area contributed by atoms with Crippen LogP contribution in [0.15, 0.2) is 36.4 Å². The fourth-order valence-corrected chi connectivity index (χ4v) is 2.28. The summed E-state index contributed by atoms with van der Waals surface area (Å²) in [6.07, 6.45) is 0. The number of nitrogen functional groups attached to an aromatic ring is 1. The molecule has 1 heterocycles. The van der Waals surface area contributed by atoms with E-state index in [0.29, 0.717) is 23.5 Å². The minimum atomic E-state index is -0.150. The van der Waals surface area contributed by atoms with Gasteiger partial charge in [-0.1, -0.05) is 6.07 Å². The van der Waals surface area contributed by atoms with Gasteiger partial charge in [-0.2, -0.15) is 0 Å². The second kappa shape index (κ2) is 5.36. The van der Waals surface area contributed by atoms with Gasteiger partial charge >= 0.3 is 0 Å². The van der Waals surface area contributed by atoms with E-state index in [4.69, 9.17) is 15.2 Å². The molecule has 0 spiro atoms. The molecule has 0 unspecified atom stereocenters. The van der Waals surface area contributed by atoms with Crippen LogP contribution in [0.25, 0.3) is 0 Å². The molecule has 3 N–H and O–H groups in total. The monoisotopic (exact) mass is 284 g/mol. The van der Waals surface area contributed by atoms with Crippen molar-refractivity contribution in [1.82, 2.24) is 5.32 Å². The van der Waals surface area contributed by atoms with Gasteiger partial charge < -0.3 is 20.5 Å².